The number of thioether (sulfide) groups is 1. The largest absolute Gasteiger partial charge is 0.489 e. The number of hydrogen-bond acceptors (Lipinski definition) is 5. The minimum atomic E-state index is -0.492. The second-order valence-electron chi connectivity index (χ2n) is 10.9. The monoisotopic (exact) mass is 675 g/mol. The molecule has 3 N–H and O–H groups in total. The van der Waals surface area contributed by atoms with Gasteiger partial charge in [-0.2, -0.15) is 0 Å². The summed E-state index contributed by atoms with van der Waals surface area (Å²) in [5.41, 5.74) is 4.26. The molecule has 0 heterocycles. The molecule has 1 unspecified atom stereocenters. The molecule has 242 valence electrons. The maximum atomic E-state index is 13.5. The van der Waals surface area contributed by atoms with Crippen molar-refractivity contribution in [1.82, 2.24) is 5.32 Å². The highest BCUT2D eigenvalue weighted by Crippen LogP contribution is 2.28. The molecule has 0 bridgehead atoms. The maximum Gasteiger partial charge on any atom is 0.272 e. The van der Waals surface area contributed by atoms with Crippen LogP contribution in [0.25, 0.3) is 6.08 Å². The number of ether oxygens (including phenoxy) is 1. The van der Waals surface area contributed by atoms with Gasteiger partial charge in [-0.1, -0.05) is 78.3 Å². The quantitative estimate of drug-likeness (QED) is 0.0908. The van der Waals surface area contributed by atoms with Gasteiger partial charge in [-0.25, -0.2) is 0 Å². The number of rotatable bonds is 12. The first kappa shape index (κ1) is 34.0. The number of carbonyl (C=O) groups is 3. The van der Waals surface area contributed by atoms with Gasteiger partial charge in [0.05, 0.1) is 5.25 Å². The summed E-state index contributed by atoms with van der Waals surface area (Å²) in [4.78, 5) is 40.2. The van der Waals surface area contributed by atoms with Crippen molar-refractivity contribution in [2.24, 2.45) is 0 Å². The molecular weight excluding hydrogens is 642 g/mol. The van der Waals surface area contributed by atoms with Crippen molar-refractivity contribution in [3.05, 3.63) is 160 Å². The Kier molecular flexibility index (Phi) is 11.7. The summed E-state index contributed by atoms with van der Waals surface area (Å²) in [7, 11) is 0. The zero-order valence-electron chi connectivity index (χ0n) is 26.4. The minimum Gasteiger partial charge on any atom is -0.489 e. The van der Waals surface area contributed by atoms with Crippen molar-refractivity contribution in [2.45, 2.75) is 30.6 Å². The summed E-state index contributed by atoms with van der Waals surface area (Å²) in [5, 5.41) is 8.77. The predicted molar refractivity (Wildman–Crippen MR) is 194 cm³/mol. The van der Waals surface area contributed by atoms with Gasteiger partial charge in [0.1, 0.15) is 18.1 Å². The molecule has 0 aliphatic carbocycles. The molecule has 48 heavy (non-hydrogen) atoms. The second kappa shape index (κ2) is 16.5. The Hall–Kier alpha value is -5.31. The number of halogens is 1. The number of amides is 3. The molecule has 5 rings (SSSR count). The summed E-state index contributed by atoms with van der Waals surface area (Å²) in [6.45, 7) is 4.11. The van der Waals surface area contributed by atoms with Crippen LogP contribution in [0.15, 0.2) is 138 Å². The first-order chi connectivity index (χ1) is 23.2. The van der Waals surface area contributed by atoms with Crippen LogP contribution in [-0.4, -0.2) is 23.0 Å². The van der Waals surface area contributed by atoms with E-state index < -0.39 is 11.8 Å². The van der Waals surface area contributed by atoms with E-state index in [1.165, 1.54) is 11.8 Å². The number of carbonyl (C=O) groups excluding carboxylic acids is 3. The smallest absolute Gasteiger partial charge is 0.272 e. The fraction of sp³-hybridized carbons (Fsp3) is 0.103. The van der Waals surface area contributed by atoms with Crippen LogP contribution in [-0.2, 0) is 16.2 Å². The van der Waals surface area contributed by atoms with Gasteiger partial charge in [0.25, 0.3) is 11.8 Å². The molecule has 0 saturated heterocycles. The third-order valence-electron chi connectivity index (χ3n) is 7.29. The van der Waals surface area contributed by atoms with E-state index in [4.69, 9.17) is 16.3 Å². The lowest BCUT2D eigenvalue weighted by molar-refractivity contribution is -0.115. The Morgan fingerprint density at radius 2 is 1.46 bits per heavy atom. The van der Waals surface area contributed by atoms with E-state index in [1.807, 2.05) is 92.7 Å². The number of hydrogen-bond donors (Lipinski definition) is 3. The lowest BCUT2D eigenvalue weighted by atomic mass is 10.1. The van der Waals surface area contributed by atoms with E-state index in [0.29, 0.717) is 39.9 Å². The Morgan fingerprint density at radius 3 is 2.15 bits per heavy atom. The molecule has 5 aromatic carbocycles. The van der Waals surface area contributed by atoms with Gasteiger partial charge in [-0.3, -0.25) is 14.4 Å². The maximum absolute atomic E-state index is 13.5. The summed E-state index contributed by atoms with van der Waals surface area (Å²) < 4.78 is 5.88. The summed E-state index contributed by atoms with van der Waals surface area (Å²) in [5.74, 6) is -0.373. The molecule has 0 aromatic heterocycles. The van der Waals surface area contributed by atoms with Crippen molar-refractivity contribution in [1.29, 1.82) is 0 Å². The fourth-order valence-corrected chi connectivity index (χ4v) is 5.60. The normalized spacial score (nSPS) is 11.7. The number of anilines is 2. The number of benzene rings is 5. The van der Waals surface area contributed by atoms with Crippen LogP contribution >= 0.6 is 23.4 Å². The van der Waals surface area contributed by atoms with Crippen LogP contribution in [0.4, 0.5) is 11.4 Å². The molecule has 1 atom stereocenters. The molecule has 5 aromatic rings. The van der Waals surface area contributed by atoms with Gasteiger partial charge in [-0.15, -0.1) is 11.8 Å². The third kappa shape index (κ3) is 9.61. The average molecular weight is 676 g/mol. The standard InChI is InChI=1S/C39H34ClN3O4S/c1-26-34(40)14-9-15-35(26)42-37(44)27(2)48-33-22-18-31(19-23-33)41-39(46)36(43-38(45)30-12-7-4-8-13-30)24-28-16-20-32(21-17-28)47-25-29-10-5-3-6-11-29/h3-24,27H,25H2,1-2H3,(H,41,46)(H,42,44)(H,43,45)/b36-24-. The topological polar surface area (TPSA) is 96.5 Å². The van der Waals surface area contributed by atoms with E-state index in [2.05, 4.69) is 16.0 Å². The molecule has 0 spiro atoms. The molecule has 0 fully saturated rings. The molecular formula is C39H34ClN3O4S. The van der Waals surface area contributed by atoms with Gasteiger partial charge in [0.2, 0.25) is 5.91 Å². The molecule has 9 heteroatoms. The van der Waals surface area contributed by atoms with Crippen LogP contribution in [0.2, 0.25) is 5.02 Å². The highest BCUT2D eigenvalue weighted by molar-refractivity contribution is 8.00. The van der Waals surface area contributed by atoms with Gasteiger partial charge in [0, 0.05) is 26.9 Å². The molecule has 3 amide bonds. The average Bonchev–Trinajstić information content (AvgIpc) is 3.11. The zero-order chi connectivity index (χ0) is 33.9. The fourth-order valence-electron chi connectivity index (χ4n) is 4.56. The van der Waals surface area contributed by atoms with Crippen LogP contribution in [0, 0.1) is 6.92 Å². The van der Waals surface area contributed by atoms with Crippen molar-refractivity contribution in [3.63, 3.8) is 0 Å². The zero-order valence-corrected chi connectivity index (χ0v) is 28.0. The predicted octanol–water partition coefficient (Wildman–Crippen LogP) is 8.76. The van der Waals surface area contributed by atoms with Crippen molar-refractivity contribution in [2.75, 3.05) is 10.6 Å². The Labute approximate surface area is 289 Å². The van der Waals surface area contributed by atoms with Gasteiger partial charge >= 0.3 is 0 Å². The Balaban J connectivity index is 1.25. The van der Waals surface area contributed by atoms with Gasteiger partial charge in [0.15, 0.2) is 0 Å². The molecule has 0 saturated carbocycles. The highest BCUT2D eigenvalue weighted by atomic mass is 35.5. The van der Waals surface area contributed by atoms with Crippen molar-refractivity contribution in [3.8, 4) is 5.75 Å². The van der Waals surface area contributed by atoms with Crippen molar-refractivity contribution < 1.29 is 19.1 Å². The SMILES string of the molecule is Cc1c(Cl)cccc1NC(=O)C(C)Sc1ccc(NC(=O)/C(=C/c2ccc(OCc3ccccc3)cc2)NC(=O)c2ccccc2)cc1. The van der Waals surface area contributed by atoms with Crippen molar-refractivity contribution >= 4 is 58.5 Å². The van der Waals surface area contributed by atoms with E-state index in [0.717, 1.165) is 16.0 Å². The van der Waals surface area contributed by atoms with Crippen LogP contribution in [0.3, 0.4) is 0 Å². The summed E-state index contributed by atoms with van der Waals surface area (Å²) in [6.07, 6.45) is 1.61. The Bertz CT molecular complexity index is 1900. The minimum absolute atomic E-state index is 0.0712. The third-order valence-corrected chi connectivity index (χ3v) is 8.81. The lowest BCUT2D eigenvalue weighted by Crippen LogP contribution is -2.30. The van der Waals surface area contributed by atoms with E-state index in [1.54, 1.807) is 54.6 Å². The van der Waals surface area contributed by atoms with E-state index in [9.17, 15) is 14.4 Å². The summed E-state index contributed by atoms with van der Waals surface area (Å²) in [6, 6.07) is 38.4. The van der Waals surface area contributed by atoms with E-state index in [-0.39, 0.29) is 16.9 Å². The lowest BCUT2D eigenvalue weighted by Gasteiger charge is -2.15. The first-order valence-corrected chi connectivity index (χ1v) is 16.5. The van der Waals surface area contributed by atoms with Gasteiger partial charge in [-0.05, 0) is 97.3 Å². The number of nitrogens with one attached hydrogen (secondary N) is 3. The summed E-state index contributed by atoms with van der Waals surface area (Å²) >= 11 is 7.58. The Morgan fingerprint density at radius 1 is 0.792 bits per heavy atom. The molecule has 0 aliphatic rings. The molecule has 7 nitrogen and oxygen atoms in total. The van der Waals surface area contributed by atoms with Crippen LogP contribution in [0.1, 0.15) is 34.0 Å². The molecule has 0 aliphatic heterocycles. The van der Waals surface area contributed by atoms with Gasteiger partial charge < -0.3 is 20.7 Å². The van der Waals surface area contributed by atoms with Crippen LogP contribution in [0.5, 0.6) is 5.75 Å². The van der Waals surface area contributed by atoms with E-state index >= 15 is 0 Å². The first-order valence-electron chi connectivity index (χ1n) is 15.2. The highest BCUT2D eigenvalue weighted by Gasteiger charge is 2.18. The van der Waals surface area contributed by atoms with Crippen LogP contribution < -0.4 is 20.7 Å². The second-order valence-corrected chi connectivity index (χ2v) is 12.7. The molecule has 0 radical (unpaired) electrons.